The largest absolute Gasteiger partial charge is 0.456 e. The Bertz CT molecular complexity index is 3390. The van der Waals surface area contributed by atoms with Gasteiger partial charge in [-0.25, -0.2) is 0 Å². The number of nitrogens with one attached hydrogen (secondary N) is 1. The Balaban J connectivity index is 1.23. The highest BCUT2D eigenvalue weighted by atomic mass is 16.3. The third-order valence-electron chi connectivity index (χ3n) is 12.2. The van der Waals surface area contributed by atoms with Gasteiger partial charge in [0.15, 0.2) is 7.28 Å². The summed E-state index contributed by atoms with van der Waals surface area (Å²) in [7, 11) is 0.757. The molecular weight excluding hydrogens is 729 g/mol. The van der Waals surface area contributed by atoms with Crippen molar-refractivity contribution in [2.24, 2.45) is 0 Å². The van der Waals surface area contributed by atoms with Crippen molar-refractivity contribution < 1.29 is 4.42 Å². The van der Waals surface area contributed by atoms with Crippen LogP contribution in [0.3, 0.4) is 0 Å². The topological polar surface area (TPSA) is 33.3 Å². The quantitative estimate of drug-likeness (QED) is 0.164. The molecule has 3 heterocycles. The molecule has 1 aliphatic rings. The van der Waals surface area contributed by atoms with Gasteiger partial charge in [-0.3, -0.25) is 0 Å². The molecule has 12 rings (SSSR count). The highest BCUT2D eigenvalue weighted by molar-refractivity contribution is 6.74. The SMILES string of the molecule is Cc1ccc(Nc2ccccc2-c2cc(N(c3ccccc3)c3ccccc3)c3c4ccc5ccccc5c4n4c3c2Bc2cc3cc(-c5ccccc5)oc3cc2-4)cc1. The molecule has 0 saturated heterocycles. The van der Waals surface area contributed by atoms with E-state index in [1.54, 1.807) is 0 Å². The fourth-order valence-corrected chi connectivity index (χ4v) is 9.46. The van der Waals surface area contributed by atoms with Crippen LogP contribution in [-0.2, 0) is 0 Å². The van der Waals surface area contributed by atoms with Gasteiger partial charge in [0.05, 0.1) is 16.7 Å². The predicted octanol–water partition coefficient (Wildman–Crippen LogP) is 13.2. The van der Waals surface area contributed by atoms with Crippen LogP contribution >= 0.6 is 0 Å². The van der Waals surface area contributed by atoms with Crippen LogP contribution in [0.25, 0.3) is 71.7 Å². The summed E-state index contributed by atoms with van der Waals surface area (Å²) >= 11 is 0. The van der Waals surface area contributed by atoms with E-state index in [1.807, 2.05) is 6.07 Å². The van der Waals surface area contributed by atoms with E-state index < -0.39 is 0 Å². The molecule has 5 heteroatoms. The number of para-hydroxylation sites is 3. The summed E-state index contributed by atoms with van der Waals surface area (Å²) < 4.78 is 9.26. The lowest BCUT2D eigenvalue weighted by atomic mass is 9.58. The highest BCUT2D eigenvalue weighted by Gasteiger charge is 2.32. The third-order valence-corrected chi connectivity index (χ3v) is 12.2. The maximum Gasteiger partial charge on any atom is 0.198 e. The molecule has 0 saturated carbocycles. The van der Waals surface area contributed by atoms with Crippen LogP contribution < -0.4 is 21.1 Å². The van der Waals surface area contributed by atoms with Crippen LogP contribution in [-0.4, -0.2) is 11.8 Å². The number of anilines is 5. The number of hydrogen-bond acceptors (Lipinski definition) is 3. The minimum atomic E-state index is 0.757. The van der Waals surface area contributed by atoms with Crippen molar-refractivity contribution in [2.75, 3.05) is 10.2 Å². The molecule has 2 aromatic heterocycles. The van der Waals surface area contributed by atoms with Crippen LogP contribution in [0.1, 0.15) is 5.56 Å². The standard InChI is InChI=1S/C55H38BN3O/c1-35-25-28-39(29-26-35)57-47-24-14-13-23-43(47)45-33-49(58(40-18-7-3-8-19-40)41-20-9-4-10-21-41)52-44-30-27-36-15-11-12-22-42(36)54(44)59-48-34-51-38(31-46(48)56-53(45)55(52)59)32-50(60-51)37-16-5-2-6-17-37/h2-34,56-57H,1H3. The third kappa shape index (κ3) is 5.47. The van der Waals surface area contributed by atoms with Crippen LogP contribution in [0.5, 0.6) is 0 Å². The van der Waals surface area contributed by atoms with Gasteiger partial charge in [-0.15, -0.1) is 0 Å². The van der Waals surface area contributed by atoms with Gasteiger partial charge in [-0.2, -0.15) is 0 Å². The zero-order valence-electron chi connectivity index (χ0n) is 33.1. The van der Waals surface area contributed by atoms with Crippen molar-refractivity contribution >= 4 is 90.2 Å². The summed E-state index contributed by atoms with van der Waals surface area (Å²) in [6.07, 6.45) is 0. The molecule has 0 amide bonds. The molecule has 0 spiro atoms. The Kier molecular flexibility index (Phi) is 7.82. The number of rotatable bonds is 7. The second kappa shape index (κ2) is 13.7. The normalized spacial score (nSPS) is 11.9. The number of aryl methyl sites for hydroxylation is 1. The summed E-state index contributed by atoms with van der Waals surface area (Å²) in [6, 6.07) is 72.1. The molecule has 0 atom stereocenters. The maximum atomic E-state index is 6.70. The van der Waals surface area contributed by atoms with E-state index >= 15 is 0 Å². The van der Waals surface area contributed by atoms with E-state index in [0.717, 1.165) is 69.3 Å². The number of nitrogens with zero attached hydrogens (tertiary/aromatic N) is 2. The fourth-order valence-electron chi connectivity index (χ4n) is 9.46. The molecule has 0 aliphatic carbocycles. The fraction of sp³-hybridized carbons (Fsp3) is 0.0182. The molecule has 282 valence electrons. The Hall–Kier alpha value is -7.76. The minimum absolute atomic E-state index is 0.757. The van der Waals surface area contributed by atoms with Crippen molar-refractivity contribution in [3.8, 4) is 28.1 Å². The molecule has 0 radical (unpaired) electrons. The molecule has 60 heavy (non-hydrogen) atoms. The highest BCUT2D eigenvalue weighted by Crippen LogP contribution is 2.48. The van der Waals surface area contributed by atoms with Crippen LogP contribution in [0.2, 0.25) is 0 Å². The van der Waals surface area contributed by atoms with E-state index in [4.69, 9.17) is 4.42 Å². The molecule has 11 aromatic rings. The van der Waals surface area contributed by atoms with Gasteiger partial charge in [-0.05, 0) is 77.9 Å². The van der Waals surface area contributed by atoms with Crippen molar-refractivity contribution in [2.45, 2.75) is 6.92 Å². The van der Waals surface area contributed by atoms with Gasteiger partial charge in [0.25, 0.3) is 0 Å². The molecule has 0 fully saturated rings. The molecule has 4 nitrogen and oxygen atoms in total. The van der Waals surface area contributed by atoms with Crippen LogP contribution in [0.4, 0.5) is 28.4 Å². The van der Waals surface area contributed by atoms with Gasteiger partial charge >= 0.3 is 0 Å². The summed E-state index contributed by atoms with van der Waals surface area (Å²) in [5.74, 6) is 0.874. The zero-order chi connectivity index (χ0) is 39.7. The lowest BCUT2D eigenvalue weighted by Gasteiger charge is -2.30. The molecule has 1 aliphatic heterocycles. The summed E-state index contributed by atoms with van der Waals surface area (Å²) in [4.78, 5) is 2.44. The predicted molar refractivity (Wildman–Crippen MR) is 254 cm³/mol. The van der Waals surface area contributed by atoms with Crippen molar-refractivity contribution in [1.82, 2.24) is 4.57 Å². The van der Waals surface area contributed by atoms with E-state index in [-0.39, 0.29) is 0 Å². The zero-order valence-corrected chi connectivity index (χ0v) is 33.1. The first-order valence-corrected chi connectivity index (χ1v) is 20.6. The molecule has 1 N–H and O–H groups in total. The summed E-state index contributed by atoms with van der Waals surface area (Å²) in [6.45, 7) is 2.13. The van der Waals surface area contributed by atoms with E-state index in [1.165, 1.54) is 54.6 Å². The van der Waals surface area contributed by atoms with Gasteiger partial charge in [0, 0.05) is 67.2 Å². The van der Waals surface area contributed by atoms with Crippen molar-refractivity contribution in [3.63, 3.8) is 0 Å². The van der Waals surface area contributed by atoms with Gasteiger partial charge in [0.1, 0.15) is 11.3 Å². The average Bonchev–Trinajstić information content (AvgIpc) is 3.89. The summed E-state index contributed by atoms with van der Waals surface area (Å²) in [5.41, 5.74) is 17.1. The molecule has 0 unspecified atom stereocenters. The maximum absolute atomic E-state index is 6.70. The van der Waals surface area contributed by atoms with Crippen LogP contribution in [0.15, 0.2) is 205 Å². The Morgan fingerprint density at radius 1 is 0.550 bits per heavy atom. The first kappa shape index (κ1) is 34.3. The smallest absolute Gasteiger partial charge is 0.198 e. The van der Waals surface area contributed by atoms with Crippen molar-refractivity contribution in [3.05, 3.63) is 206 Å². The average molecular weight is 768 g/mol. The van der Waals surface area contributed by atoms with Gasteiger partial charge < -0.3 is 19.2 Å². The number of hydrogen-bond donors (Lipinski definition) is 1. The lowest BCUT2D eigenvalue weighted by molar-refractivity contribution is 0.631. The Morgan fingerprint density at radius 3 is 2.00 bits per heavy atom. The molecular formula is C55H38BN3O. The van der Waals surface area contributed by atoms with E-state index in [0.29, 0.717) is 0 Å². The summed E-state index contributed by atoms with van der Waals surface area (Å²) in [5, 5.41) is 9.79. The first-order chi connectivity index (χ1) is 29.7. The monoisotopic (exact) mass is 767 g/mol. The second-order valence-corrected chi connectivity index (χ2v) is 15.9. The first-order valence-electron chi connectivity index (χ1n) is 20.6. The Morgan fingerprint density at radius 2 is 1.23 bits per heavy atom. The second-order valence-electron chi connectivity index (χ2n) is 15.9. The van der Waals surface area contributed by atoms with Gasteiger partial charge in [-0.1, -0.05) is 151 Å². The number of aromatic nitrogens is 1. The van der Waals surface area contributed by atoms with E-state index in [2.05, 4.69) is 216 Å². The Labute approximate surface area is 348 Å². The minimum Gasteiger partial charge on any atom is -0.456 e. The molecule has 9 aromatic carbocycles. The molecule has 0 bridgehead atoms. The van der Waals surface area contributed by atoms with E-state index in [9.17, 15) is 0 Å². The van der Waals surface area contributed by atoms with Crippen molar-refractivity contribution in [1.29, 1.82) is 0 Å². The van der Waals surface area contributed by atoms with Crippen LogP contribution in [0, 0.1) is 6.92 Å². The number of benzene rings is 9. The number of fused-ring (bicyclic) bond motifs is 8. The lowest BCUT2D eigenvalue weighted by Crippen LogP contribution is -2.37. The van der Waals surface area contributed by atoms with Gasteiger partial charge in [0.2, 0.25) is 0 Å². The number of furan rings is 1.